The molecule has 0 aliphatic carbocycles. The van der Waals surface area contributed by atoms with E-state index < -0.39 is 0 Å². The first-order valence-electron chi connectivity index (χ1n) is 5.18. The van der Waals surface area contributed by atoms with E-state index in [2.05, 4.69) is 25.4 Å². The third kappa shape index (κ3) is 2.94. The Balaban J connectivity index is 2.09. The van der Waals surface area contributed by atoms with Gasteiger partial charge in [0, 0.05) is 25.9 Å². The number of hydrogen-bond acceptors (Lipinski definition) is 6. The van der Waals surface area contributed by atoms with Crippen LogP contribution >= 0.6 is 11.8 Å². The van der Waals surface area contributed by atoms with Crippen molar-refractivity contribution in [2.24, 2.45) is 7.05 Å². The summed E-state index contributed by atoms with van der Waals surface area (Å²) in [6.07, 6.45) is 1.54. The fourth-order valence-electron chi connectivity index (χ4n) is 1.37. The van der Waals surface area contributed by atoms with Crippen LogP contribution < -0.4 is 5.32 Å². The molecule has 2 aromatic heterocycles. The van der Waals surface area contributed by atoms with E-state index in [4.69, 9.17) is 0 Å². The maximum absolute atomic E-state index is 4.38. The Labute approximate surface area is 104 Å². The highest BCUT2D eigenvalue weighted by Gasteiger charge is 2.05. The van der Waals surface area contributed by atoms with Crippen molar-refractivity contribution in [3.8, 4) is 0 Å². The monoisotopic (exact) mass is 250 g/mol. The lowest BCUT2D eigenvalue weighted by molar-refractivity contribution is 0.685. The molecular weight excluding hydrogens is 236 g/mol. The molecular formula is C10H14N6S. The van der Waals surface area contributed by atoms with E-state index >= 15 is 0 Å². The minimum absolute atomic E-state index is 0.683. The zero-order valence-electron chi connectivity index (χ0n) is 10.0. The van der Waals surface area contributed by atoms with E-state index in [0.717, 1.165) is 22.5 Å². The minimum atomic E-state index is 0.683. The first-order valence-corrected chi connectivity index (χ1v) is 6.16. The molecule has 0 atom stereocenters. The summed E-state index contributed by atoms with van der Waals surface area (Å²) in [6.45, 7) is 1.96. The number of hydrogen-bond donors (Lipinski definition) is 1. The largest absolute Gasteiger partial charge is 0.373 e. The van der Waals surface area contributed by atoms with Crippen molar-refractivity contribution in [3.63, 3.8) is 0 Å². The average Bonchev–Trinajstić information content (AvgIpc) is 2.71. The predicted molar refractivity (Wildman–Crippen MR) is 66.9 cm³/mol. The second-order valence-corrected chi connectivity index (χ2v) is 4.46. The first kappa shape index (κ1) is 11.8. The first-order chi connectivity index (χ1) is 8.19. The van der Waals surface area contributed by atoms with Crippen LogP contribution in [0.2, 0.25) is 0 Å². The van der Waals surface area contributed by atoms with Gasteiger partial charge in [-0.25, -0.2) is 19.6 Å². The second kappa shape index (κ2) is 5.13. The fraction of sp³-hybridized carbons (Fsp3) is 0.400. The minimum Gasteiger partial charge on any atom is -0.373 e. The van der Waals surface area contributed by atoms with Gasteiger partial charge < -0.3 is 5.32 Å². The van der Waals surface area contributed by atoms with Crippen molar-refractivity contribution in [2.75, 3.05) is 12.4 Å². The Kier molecular flexibility index (Phi) is 3.58. The molecule has 2 rings (SSSR count). The van der Waals surface area contributed by atoms with Crippen LogP contribution in [-0.4, -0.2) is 31.8 Å². The van der Waals surface area contributed by atoms with Crippen molar-refractivity contribution < 1.29 is 0 Å². The van der Waals surface area contributed by atoms with Crippen LogP contribution in [0, 0.1) is 6.92 Å². The summed E-state index contributed by atoms with van der Waals surface area (Å²) in [4.78, 5) is 12.9. The van der Waals surface area contributed by atoms with Gasteiger partial charge in [-0.3, -0.25) is 0 Å². The molecule has 2 aromatic rings. The maximum atomic E-state index is 4.38. The highest BCUT2D eigenvalue weighted by Crippen LogP contribution is 2.18. The van der Waals surface area contributed by atoms with Crippen molar-refractivity contribution in [1.82, 2.24) is 24.7 Å². The Morgan fingerprint density at radius 2 is 2.24 bits per heavy atom. The molecule has 17 heavy (non-hydrogen) atoms. The number of rotatable bonds is 4. The fourth-order valence-corrected chi connectivity index (χ4v) is 2.11. The lowest BCUT2D eigenvalue weighted by Crippen LogP contribution is -2.01. The molecule has 0 aromatic carbocycles. The summed E-state index contributed by atoms with van der Waals surface area (Å²) in [5, 5.41) is 7.89. The SMILES string of the molecule is CNc1cc(C)nc(CSc2ncnn2C)n1. The standard InChI is InChI=1S/C10H14N6S/c1-7-4-8(11-2)15-9(14-7)5-17-10-12-6-13-16(10)3/h4,6H,5H2,1-3H3,(H,11,14,15). The topological polar surface area (TPSA) is 68.5 Å². The Morgan fingerprint density at radius 1 is 1.41 bits per heavy atom. The van der Waals surface area contributed by atoms with Gasteiger partial charge in [0.1, 0.15) is 18.0 Å². The van der Waals surface area contributed by atoms with Crippen LogP contribution in [0.5, 0.6) is 0 Å². The molecule has 0 saturated heterocycles. The lowest BCUT2D eigenvalue weighted by Gasteiger charge is -2.04. The Hall–Kier alpha value is -1.63. The van der Waals surface area contributed by atoms with Gasteiger partial charge in [-0.1, -0.05) is 11.8 Å². The molecule has 2 heterocycles. The van der Waals surface area contributed by atoms with Crippen molar-refractivity contribution in [2.45, 2.75) is 17.8 Å². The number of nitrogens with one attached hydrogen (secondary N) is 1. The smallest absolute Gasteiger partial charge is 0.186 e. The Morgan fingerprint density at radius 3 is 2.88 bits per heavy atom. The summed E-state index contributed by atoms with van der Waals surface area (Å²) in [5.41, 5.74) is 0.956. The van der Waals surface area contributed by atoms with E-state index in [1.54, 1.807) is 22.8 Å². The van der Waals surface area contributed by atoms with Gasteiger partial charge in [-0.15, -0.1) is 0 Å². The van der Waals surface area contributed by atoms with Gasteiger partial charge in [0.25, 0.3) is 0 Å². The maximum Gasteiger partial charge on any atom is 0.186 e. The zero-order valence-corrected chi connectivity index (χ0v) is 10.8. The normalized spacial score (nSPS) is 10.5. The van der Waals surface area contributed by atoms with Crippen molar-refractivity contribution >= 4 is 17.6 Å². The lowest BCUT2D eigenvalue weighted by atomic mass is 10.4. The highest BCUT2D eigenvalue weighted by molar-refractivity contribution is 7.98. The summed E-state index contributed by atoms with van der Waals surface area (Å²) < 4.78 is 1.74. The van der Waals surface area contributed by atoms with Crippen molar-refractivity contribution in [1.29, 1.82) is 0 Å². The van der Waals surface area contributed by atoms with Crippen LogP contribution in [0.15, 0.2) is 17.6 Å². The molecule has 0 bridgehead atoms. The number of anilines is 1. The number of aryl methyl sites for hydroxylation is 2. The second-order valence-electron chi connectivity index (χ2n) is 3.52. The number of nitrogens with zero attached hydrogens (tertiary/aromatic N) is 5. The molecule has 0 fully saturated rings. The molecule has 0 saturated carbocycles. The molecule has 0 amide bonds. The molecule has 0 unspecified atom stereocenters. The third-order valence-corrected chi connectivity index (χ3v) is 3.19. The third-order valence-electron chi connectivity index (χ3n) is 2.16. The highest BCUT2D eigenvalue weighted by atomic mass is 32.2. The van der Waals surface area contributed by atoms with Gasteiger partial charge >= 0.3 is 0 Å². The van der Waals surface area contributed by atoms with E-state index in [-0.39, 0.29) is 0 Å². The molecule has 0 aliphatic rings. The number of aromatic nitrogens is 5. The molecule has 7 heteroatoms. The predicted octanol–water partition coefficient (Wildman–Crippen LogP) is 1.25. The van der Waals surface area contributed by atoms with Gasteiger partial charge in [-0.05, 0) is 6.92 Å². The van der Waals surface area contributed by atoms with Gasteiger partial charge in [0.2, 0.25) is 0 Å². The van der Waals surface area contributed by atoms with Crippen LogP contribution in [0.4, 0.5) is 5.82 Å². The quantitative estimate of drug-likeness (QED) is 0.824. The van der Waals surface area contributed by atoms with Crippen LogP contribution in [0.3, 0.4) is 0 Å². The van der Waals surface area contributed by atoms with Crippen LogP contribution in [0.1, 0.15) is 11.5 Å². The molecule has 6 nitrogen and oxygen atoms in total. The molecule has 0 radical (unpaired) electrons. The van der Waals surface area contributed by atoms with Gasteiger partial charge in [0.15, 0.2) is 5.16 Å². The van der Waals surface area contributed by atoms with Gasteiger partial charge in [0.05, 0.1) is 5.75 Å². The summed E-state index contributed by atoms with van der Waals surface area (Å²) in [7, 11) is 3.72. The number of thioether (sulfide) groups is 1. The van der Waals surface area contributed by atoms with Gasteiger partial charge in [-0.2, -0.15) is 5.10 Å². The van der Waals surface area contributed by atoms with Crippen LogP contribution in [-0.2, 0) is 12.8 Å². The summed E-state index contributed by atoms with van der Waals surface area (Å²) >= 11 is 1.57. The van der Waals surface area contributed by atoms with E-state index in [0.29, 0.717) is 5.75 Å². The molecule has 90 valence electrons. The molecule has 0 aliphatic heterocycles. The average molecular weight is 250 g/mol. The zero-order chi connectivity index (χ0) is 12.3. The Bertz CT molecular complexity index is 509. The molecule has 0 spiro atoms. The summed E-state index contributed by atoms with van der Waals surface area (Å²) in [5.74, 6) is 2.32. The summed E-state index contributed by atoms with van der Waals surface area (Å²) in [6, 6.07) is 1.91. The van der Waals surface area contributed by atoms with E-state index in [9.17, 15) is 0 Å². The van der Waals surface area contributed by atoms with Crippen molar-refractivity contribution in [3.05, 3.63) is 23.9 Å². The van der Waals surface area contributed by atoms with E-state index in [1.165, 1.54) is 0 Å². The molecule has 1 N–H and O–H groups in total. The van der Waals surface area contributed by atoms with E-state index in [1.807, 2.05) is 27.1 Å². The van der Waals surface area contributed by atoms with Crippen LogP contribution in [0.25, 0.3) is 0 Å².